The fourth-order valence-corrected chi connectivity index (χ4v) is 3.83. The van der Waals surface area contributed by atoms with Crippen molar-refractivity contribution in [3.8, 4) is 0 Å². The number of aliphatic hydroxyl groups is 1. The lowest BCUT2D eigenvalue weighted by atomic mass is 10.1. The number of hydrogen-bond acceptors (Lipinski definition) is 8. The Hall–Kier alpha value is -1.08. The van der Waals surface area contributed by atoms with Gasteiger partial charge < -0.3 is 25.1 Å². The van der Waals surface area contributed by atoms with Crippen LogP contribution in [0.25, 0.3) is 11.2 Å². The number of ether oxygens (including phenoxy) is 3. The third-order valence-corrected chi connectivity index (χ3v) is 4.72. The molecule has 2 fully saturated rings. The van der Waals surface area contributed by atoms with Crippen molar-refractivity contribution in [3.63, 3.8) is 0 Å². The molecule has 3 N–H and O–H groups in total. The van der Waals surface area contributed by atoms with Crippen LogP contribution in [0.5, 0.6) is 0 Å². The number of anilines is 1. The van der Waals surface area contributed by atoms with E-state index in [0.717, 1.165) is 0 Å². The molecule has 2 aromatic heterocycles. The molecule has 0 amide bonds. The van der Waals surface area contributed by atoms with Crippen LogP contribution in [0, 0.1) is 3.83 Å². The Labute approximate surface area is 151 Å². The van der Waals surface area contributed by atoms with E-state index in [9.17, 15) is 5.11 Å². The number of hydrogen-bond donors (Lipinski definition) is 2. The van der Waals surface area contributed by atoms with E-state index in [1.165, 1.54) is 0 Å². The Bertz CT molecular complexity index is 782. The average molecular weight is 447 g/mol. The van der Waals surface area contributed by atoms with Gasteiger partial charge in [0.2, 0.25) is 0 Å². The molecule has 2 aliphatic rings. The van der Waals surface area contributed by atoms with E-state index in [0.29, 0.717) is 27.2 Å². The molecule has 4 rings (SSSR count). The van der Waals surface area contributed by atoms with E-state index in [2.05, 4.69) is 15.0 Å². The molecule has 2 aliphatic heterocycles. The SMILES string of the molecule is CC1(C)OC2C(CCO)OC(n3cnc4c(N)nc(I)nc43)C2O1. The zero-order valence-electron chi connectivity index (χ0n) is 13.2. The highest BCUT2D eigenvalue weighted by molar-refractivity contribution is 14.1. The van der Waals surface area contributed by atoms with Gasteiger partial charge in [0, 0.05) is 29.2 Å². The van der Waals surface area contributed by atoms with Gasteiger partial charge in [0.25, 0.3) is 0 Å². The summed E-state index contributed by atoms with van der Waals surface area (Å²) in [7, 11) is 0. The predicted octanol–water partition coefficient (Wildman–Crippen LogP) is 0.813. The molecule has 9 nitrogen and oxygen atoms in total. The standard InChI is InChI=1S/C14H18IN5O4/c1-14(2)23-8-6(3-4-21)22-12(9(8)24-14)20-5-17-7-10(16)18-13(15)19-11(7)20/h5-6,8-9,12,21H,3-4H2,1-2H3,(H2,16,18,19). The average Bonchev–Trinajstić information content (AvgIpc) is 3.12. The monoisotopic (exact) mass is 447 g/mol. The van der Waals surface area contributed by atoms with Crippen LogP contribution in [0.1, 0.15) is 26.5 Å². The molecule has 0 bridgehead atoms. The minimum Gasteiger partial charge on any atom is -0.396 e. The fraction of sp³-hybridized carbons (Fsp3) is 0.643. The summed E-state index contributed by atoms with van der Waals surface area (Å²) in [6, 6.07) is 0. The number of rotatable bonds is 3. The van der Waals surface area contributed by atoms with Crippen LogP contribution >= 0.6 is 22.6 Å². The highest BCUT2D eigenvalue weighted by Crippen LogP contribution is 2.44. The van der Waals surface area contributed by atoms with Gasteiger partial charge in [-0.25, -0.2) is 15.0 Å². The van der Waals surface area contributed by atoms with E-state index < -0.39 is 12.0 Å². The highest BCUT2D eigenvalue weighted by Gasteiger charge is 2.55. The van der Waals surface area contributed by atoms with Crippen molar-refractivity contribution in [1.29, 1.82) is 0 Å². The Morgan fingerprint density at radius 3 is 2.83 bits per heavy atom. The maximum absolute atomic E-state index is 9.30. The summed E-state index contributed by atoms with van der Waals surface area (Å²) in [6.07, 6.45) is 0.809. The van der Waals surface area contributed by atoms with E-state index in [1.54, 1.807) is 10.9 Å². The van der Waals surface area contributed by atoms with E-state index in [-0.39, 0.29) is 24.9 Å². The summed E-state index contributed by atoms with van der Waals surface area (Å²) in [5.74, 6) is -0.377. The minimum atomic E-state index is -0.704. The van der Waals surface area contributed by atoms with Crippen LogP contribution in [0.2, 0.25) is 0 Å². The lowest BCUT2D eigenvalue weighted by Crippen LogP contribution is -2.30. The van der Waals surface area contributed by atoms with Crippen molar-refractivity contribution in [2.75, 3.05) is 12.3 Å². The second-order valence-corrected chi connectivity index (χ2v) is 7.31. The van der Waals surface area contributed by atoms with Gasteiger partial charge in [-0.1, -0.05) is 0 Å². The molecule has 0 aromatic carbocycles. The second-order valence-electron chi connectivity index (χ2n) is 6.34. The number of aliphatic hydroxyl groups excluding tert-OH is 1. The third-order valence-electron chi connectivity index (χ3n) is 4.23. The van der Waals surface area contributed by atoms with Crippen LogP contribution in [0.3, 0.4) is 0 Å². The van der Waals surface area contributed by atoms with Crippen LogP contribution < -0.4 is 5.73 Å². The summed E-state index contributed by atoms with van der Waals surface area (Å²) >= 11 is 2.01. The molecule has 10 heteroatoms. The molecule has 0 radical (unpaired) electrons. The molecule has 2 aromatic rings. The van der Waals surface area contributed by atoms with Crippen molar-refractivity contribution in [1.82, 2.24) is 19.5 Å². The van der Waals surface area contributed by atoms with Crippen LogP contribution in [-0.4, -0.2) is 55.3 Å². The number of aromatic nitrogens is 4. The lowest BCUT2D eigenvalue weighted by molar-refractivity contribution is -0.197. The van der Waals surface area contributed by atoms with Crippen molar-refractivity contribution in [2.24, 2.45) is 0 Å². The summed E-state index contributed by atoms with van der Waals surface area (Å²) in [5, 5.41) is 9.30. The molecule has 0 spiro atoms. The van der Waals surface area contributed by atoms with Crippen molar-refractivity contribution < 1.29 is 19.3 Å². The first-order chi connectivity index (χ1) is 11.4. The first-order valence-electron chi connectivity index (χ1n) is 7.67. The Morgan fingerprint density at radius 1 is 1.33 bits per heavy atom. The van der Waals surface area contributed by atoms with Crippen LogP contribution in [-0.2, 0) is 14.2 Å². The number of imidazole rings is 1. The van der Waals surface area contributed by atoms with Gasteiger partial charge in [-0.3, -0.25) is 4.57 Å². The van der Waals surface area contributed by atoms with Gasteiger partial charge >= 0.3 is 0 Å². The maximum Gasteiger partial charge on any atom is 0.194 e. The predicted molar refractivity (Wildman–Crippen MR) is 91.9 cm³/mol. The summed E-state index contributed by atoms with van der Waals surface area (Å²) < 4.78 is 20.5. The topological polar surface area (TPSA) is 118 Å². The largest absolute Gasteiger partial charge is 0.396 e. The van der Waals surface area contributed by atoms with Gasteiger partial charge in [0.1, 0.15) is 17.7 Å². The molecule has 0 aliphatic carbocycles. The molecule has 4 heterocycles. The Balaban J connectivity index is 1.76. The normalized spacial score (nSPS) is 31.7. The van der Waals surface area contributed by atoms with Gasteiger partial charge in [-0.15, -0.1) is 0 Å². The number of nitrogen functional groups attached to an aromatic ring is 1. The first kappa shape index (κ1) is 16.4. The van der Waals surface area contributed by atoms with Gasteiger partial charge in [0.05, 0.1) is 12.4 Å². The second kappa shape index (κ2) is 5.73. The minimum absolute atomic E-state index is 0.0160. The van der Waals surface area contributed by atoms with E-state index in [4.69, 9.17) is 19.9 Å². The Morgan fingerprint density at radius 2 is 2.08 bits per heavy atom. The fourth-order valence-electron chi connectivity index (χ4n) is 3.34. The molecular formula is C14H18IN5O4. The number of nitrogens with zero attached hydrogens (tertiary/aromatic N) is 4. The number of fused-ring (bicyclic) bond motifs is 2. The van der Waals surface area contributed by atoms with Gasteiger partial charge in [-0.05, 0) is 20.3 Å². The smallest absolute Gasteiger partial charge is 0.194 e. The molecule has 0 saturated carbocycles. The maximum atomic E-state index is 9.30. The van der Waals surface area contributed by atoms with Crippen molar-refractivity contribution in [3.05, 3.63) is 10.2 Å². The molecule has 130 valence electrons. The molecule has 4 atom stereocenters. The number of nitrogens with two attached hydrogens (primary N) is 1. The molecule has 2 saturated heterocycles. The summed E-state index contributed by atoms with van der Waals surface area (Å²) in [6.45, 7) is 3.75. The number of halogens is 1. The zero-order chi connectivity index (χ0) is 17.1. The quantitative estimate of drug-likeness (QED) is 0.525. The highest BCUT2D eigenvalue weighted by atomic mass is 127. The molecule has 4 unspecified atom stereocenters. The van der Waals surface area contributed by atoms with Gasteiger partial charge in [0.15, 0.2) is 27.3 Å². The van der Waals surface area contributed by atoms with E-state index in [1.807, 2.05) is 36.4 Å². The molecule has 24 heavy (non-hydrogen) atoms. The Kier molecular flexibility index (Phi) is 3.91. The molecular weight excluding hydrogens is 429 g/mol. The van der Waals surface area contributed by atoms with Crippen LogP contribution in [0.4, 0.5) is 5.82 Å². The van der Waals surface area contributed by atoms with Crippen molar-refractivity contribution in [2.45, 2.75) is 50.6 Å². The van der Waals surface area contributed by atoms with Crippen LogP contribution in [0.15, 0.2) is 6.33 Å². The summed E-state index contributed by atoms with van der Waals surface area (Å²) in [5.41, 5.74) is 7.05. The van der Waals surface area contributed by atoms with Crippen molar-refractivity contribution >= 4 is 39.6 Å². The lowest BCUT2D eigenvalue weighted by Gasteiger charge is -2.24. The first-order valence-corrected chi connectivity index (χ1v) is 8.75. The zero-order valence-corrected chi connectivity index (χ0v) is 15.4. The van der Waals surface area contributed by atoms with E-state index >= 15 is 0 Å². The van der Waals surface area contributed by atoms with Gasteiger partial charge in [-0.2, -0.15) is 0 Å². The summed E-state index contributed by atoms with van der Waals surface area (Å²) in [4.78, 5) is 12.9. The third kappa shape index (κ3) is 2.56.